The molecule has 1 unspecified atom stereocenters. The number of carbonyl (C=O) groups is 2. The van der Waals surface area contributed by atoms with Crippen LogP contribution in [0.4, 0.5) is 4.39 Å². The van der Waals surface area contributed by atoms with Crippen molar-refractivity contribution in [3.05, 3.63) is 41.8 Å². The highest BCUT2D eigenvalue weighted by Gasteiger charge is 2.32. The minimum absolute atomic E-state index is 0. The van der Waals surface area contributed by atoms with Crippen molar-refractivity contribution in [1.82, 2.24) is 25.3 Å². The molecule has 9 heteroatoms. The average Bonchev–Trinajstić information content (AvgIpc) is 3.18. The molecule has 2 saturated heterocycles. The Morgan fingerprint density at radius 3 is 2.75 bits per heavy atom. The topological polar surface area (TPSA) is 81.3 Å². The van der Waals surface area contributed by atoms with Gasteiger partial charge >= 0.3 is 0 Å². The molecule has 0 bridgehead atoms. The average molecular weight is 408 g/mol. The molecule has 2 N–H and O–H groups in total. The third-order valence-corrected chi connectivity index (χ3v) is 5.25. The maximum atomic E-state index is 13.2. The summed E-state index contributed by atoms with van der Waals surface area (Å²) in [4.78, 5) is 29.0. The molecule has 0 radical (unpaired) electrons. The van der Waals surface area contributed by atoms with E-state index in [0.717, 1.165) is 19.4 Å². The number of piperazine rings is 1. The fraction of sp³-hybridized carbons (Fsp3) is 0.421. The van der Waals surface area contributed by atoms with Crippen molar-refractivity contribution >= 4 is 24.2 Å². The van der Waals surface area contributed by atoms with Gasteiger partial charge < -0.3 is 15.1 Å². The molecule has 1 atom stereocenters. The number of benzene rings is 1. The molecular weight excluding hydrogens is 385 g/mol. The summed E-state index contributed by atoms with van der Waals surface area (Å²) in [6.07, 6.45) is 3.28. The Morgan fingerprint density at radius 1 is 1.21 bits per heavy atom. The first-order chi connectivity index (χ1) is 13.1. The van der Waals surface area contributed by atoms with Crippen LogP contribution in [-0.4, -0.2) is 70.6 Å². The van der Waals surface area contributed by atoms with E-state index in [2.05, 4.69) is 15.5 Å². The van der Waals surface area contributed by atoms with E-state index >= 15 is 0 Å². The number of nitrogens with zero attached hydrogens (tertiary/aromatic N) is 3. The van der Waals surface area contributed by atoms with Crippen LogP contribution in [0.5, 0.6) is 0 Å². The van der Waals surface area contributed by atoms with Crippen molar-refractivity contribution < 1.29 is 14.0 Å². The van der Waals surface area contributed by atoms with E-state index in [4.69, 9.17) is 0 Å². The van der Waals surface area contributed by atoms with Gasteiger partial charge in [0.1, 0.15) is 5.82 Å². The van der Waals surface area contributed by atoms with Crippen molar-refractivity contribution in [3.8, 4) is 11.3 Å². The van der Waals surface area contributed by atoms with Gasteiger partial charge in [0.25, 0.3) is 5.91 Å². The molecule has 2 aromatic rings. The second-order valence-corrected chi connectivity index (χ2v) is 6.98. The predicted octanol–water partition coefficient (Wildman–Crippen LogP) is 1.67. The van der Waals surface area contributed by atoms with Crippen LogP contribution >= 0.6 is 12.4 Å². The standard InChI is InChI=1S/C19H22FN5O2.ClH/c20-14-5-3-13(4-6-14)18-16(10-22-23-18)19(27)24-8-1-2-15(12-24)25-9-7-21-11-17(25)26;/h3-6,10,15,21H,1-2,7-9,11-12H2,(H,22,23);1H. The molecular formula is C19H23ClFN5O2. The summed E-state index contributed by atoms with van der Waals surface area (Å²) < 4.78 is 13.2. The van der Waals surface area contributed by atoms with Crippen molar-refractivity contribution in [2.24, 2.45) is 0 Å². The highest BCUT2D eigenvalue weighted by molar-refractivity contribution is 5.99. The Balaban J connectivity index is 0.00000225. The number of aromatic amines is 1. The summed E-state index contributed by atoms with van der Waals surface area (Å²) >= 11 is 0. The van der Waals surface area contributed by atoms with Crippen molar-refractivity contribution in [2.75, 3.05) is 32.7 Å². The van der Waals surface area contributed by atoms with Gasteiger partial charge in [-0.2, -0.15) is 5.10 Å². The normalized spacial score (nSPS) is 20.0. The molecule has 150 valence electrons. The molecule has 0 aliphatic carbocycles. The smallest absolute Gasteiger partial charge is 0.257 e. The Morgan fingerprint density at radius 2 is 2.00 bits per heavy atom. The molecule has 0 spiro atoms. The summed E-state index contributed by atoms with van der Waals surface area (Å²) in [6.45, 7) is 3.01. The third-order valence-electron chi connectivity index (χ3n) is 5.25. The molecule has 28 heavy (non-hydrogen) atoms. The van der Waals surface area contributed by atoms with Crippen LogP contribution in [0.25, 0.3) is 11.3 Å². The van der Waals surface area contributed by atoms with Gasteiger partial charge in [0.15, 0.2) is 0 Å². The first-order valence-electron chi connectivity index (χ1n) is 9.22. The zero-order valence-electron chi connectivity index (χ0n) is 15.4. The largest absolute Gasteiger partial charge is 0.336 e. The number of likely N-dealkylation sites (tertiary alicyclic amines) is 1. The fourth-order valence-electron chi connectivity index (χ4n) is 3.86. The lowest BCUT2D eigenvalue weighted by Crippen LogP contribution is -2.57. The maximum absolute atomic E-state index is 13.2. The molecule has 4 rings (SSSR count). The number of amides is 2. The summed E-state index contributed by atoms with van der Waals surface area (Å²) in [5, 5.41) is 9.95. The number of rotatable bonds is 3. The lowest BCUT2D eigenvalue weighted by molar-refractivity contribution is -0.135. The van der Waals surface area contributed by atoms with Gasteiger partial charge in [-0.05, 0) is 37.1 Å². The van der Waals surface area contributed by atoms with Gasteiger partial charge in [-0.1, -0.05) is 0 Å². The number of aromatic nitrogens is 2. The number of piperidine rings is 1. The maximum Gasteiger partial charge on any atom is 0.257 e. The summed E-state index contributed by atoms with van der Waals surface area (Å²) in [7, 11) is 0. The zero-order chi connectivity index (χ0) is 18.8. The Bertz CT molecular complexity index is 841. The third kappa shape index (κ3) is 4.02. The van der Waals surface area contributed by atoms with Crippen molar-refractivity contribution in [3.63, 3.8) is 0 Å². The van der Waals surface area contributed by atoms with E-state index in [1.54, 1.807) is 17.0 Å². The van der Waals surface area contributed by atoms with E-state index in [1.165, 1.54) is 18.3 Å². The molecule has 0 saturated carbocycles. The van der Waals surface area contributed by atoms with Crippen LogP contribution in [0.1, 0.15) is 23.2 Å². The van der Waals surface area contributed by atoms with Crippen LogP contribution in [-0.2, 0) is 4.79 Å². The second kappa shape index (κ2) is 8.70. The van der Waals surface area contributed by atoms with Crippen LogP contribution in [0.2, 0.25) is 0 Å². The van der Waals surface area contributed by atoms with Gasteiger partial charge in [0, 0.05) is 37.8 Å². The summed E-state index contributed by atoms with van der Waals surface area (Å²) in [5.74, 6) is -0.350. The molecule has 2 aliphatic heterocycles. The van der Waals surface area contributed by atoms with Crippen LogP contribution in [0.3, 0.4) is 0 Å². The SMILES string of the molecule is Cl.O=C(c1cn[nH]c1-c1ccc(F)cc1)N1CCCC(N2CCNCC2=O)C1. The molecule has 3 heterocycles. The highest BCUT2D eigenvalue weighted by Crippen LogP contribution is 2.25. The zero-order valence-corrected chi connectivity index (χ0v) is 16.2. The fourth-order valence-corrected chi connectivity index (χ4v) is 3.86. The first kappa shape index (κ1) is 20.3. The summed E-state index contributed by atoms with van der Waals surface area (Å²) in [5.41, 5.74) is 1.76. The van der Waals surface area contributed by atoms with Crippen molar-refractivity contribution in [2.45, 2.75) is 18.9 Å². The van der Waals surface area contributed by atoms with E-state index in [9.17, 15) is 14.0 Å². The second-order valence-electron chi connectivity index (χ2n) is 6.98. The van der Waals surface area contributed by atoms with Gasteiger partial charge in [-0.3, -0.25) is 14.7 Å². The van der Waals surface area contributed by atoms with Gasteiger partial charge in [-0.25, -0.2) is 4.39 Å². The van der Waals surface area contributed by atoms with Gasteiger partial charge in [0.05, 0.1) is 24.0 Å². The molecule has 1 aromatic carbocycles. The number of H-pyrrole nitrogens is 1. The lowest BCUT2D eigenvalue weighted by Gasteiger charge is -2.41. The quantitative estimate of drug-likeness (QED) is 0.811. The predicted molar refractivity (Wildman–Crippen MR) is 105 cm³/mol. The Kier molecular flexibility index (Phi) is 6.31. The number of nitrogens with one attached hydrogen (secondary N) is 2. The van der Waals surface area contributed by atoms with Gasteiger partial charge in [0.2, 0.25) is 5.91 Å². The number of halogens is 2. The van der Waals surface area contributed by atoms with E-state index in [1.807, 2.05) is 4.90 Å². The number of carbonyl (C=O) groups excluding carboxylic acids is 2. The number of hydrogen-bond donors (Lipinski definition) is 2. The first-order valence-corrected chi connectivity index (χ1v) is 9.22. The van der Waals surface area contributed by atoms with Crippen molar-refractivity contribution in [1.29, 1.82) is 0 Å². The highest BCUT2D eigenvalue weighted by atomic mass is 35.5. The van der Waals surface area contributed by atoms with Crippen LogP contribution < -0.4 is 5.32 Å². The molecule has 2 amide bonds. The van der Waals surface area contributed by atoms with E-state index < -0.39 is 0 Å². The monoisotopic (exact) mass is 407 g/mol. The Hall–Kier alpha value is -2.45. The number of hydrogen-bond acceptors (Lipinski definition) is 4. The van der Waals surface area contributed by atoms with E-state index in [0.29, 0.717) is 43.0 Å². The molecule has 2 fully saturated rings. The molecule has 1 aromatic heterocycles. The molecule has 2 aliphatic rings. The lowest BCUT2D eigenvalue weighted by atomic mass is 10.0. The summed E-state index contributed by atoms with van der Waals surface area (Å²) in [6, 6.07) is 6.02. The van der Waals surface area contributed by atoms with Gasteiger partial charge in [-0.15, -0.1) is 12.4 Å². The minimum Gasteiger partial charge on any atom is -0.336 e. The minimum atomic E-state index is -0.328. The Labute approximate surface area is 168 Å². The molecule has 7 nitrogen and oxygen atoms in total. The van der Waals surface area contributed by atoms with Crippen LogP contribution in [0.15, 0.2) is 30.5 Å². The van der Waals surface area contributed by atoms with E-state index in [-0.39, 0.29) is 36.1 Å². The van der Waals surface area contributed by atoms with Crippen LogP contribution in [0, 0.1) is 5.82 Å².